The van der Waals surface area contributed by atoms with Crippen molar-refractivity contribution in [2.45, 2.75) is 19.4 Å². The van der Waals surface area contributed by atoms with Crippen molar-refractivity contribution < 1.29 is 19.6 Å². The molecular formula is C12H12N2O5. The van der Waals surface area contributed by atoms with E-state index in [9.17, 15) is 24.8 Å². The molecule has 1 aliphatic heterocycles. The maximum absolute atomic E-state index is 12.2. The van der Waals surface area contributed by atoms with E-state index in [0.29, 0.717) is 6.42 Å². The standard InChI is InChI=1S/C12H12N2O5/c1-2-7(6-15)13-11(16)8-4-3-5-9(14(18)19)10(8)12(13)17/h3-5,7,15H,2,6H2,1H3/t7-/m1/s1. The summed E-state index contributed by atoms with van der Waals surface area (Å²) < 4.78 is 0. The fourth-order valence-corrected chi connectivity index (χ4v) is 2.16. The normalized spacial score (nSPS) is 15.6. The highest BCUT2D eigenvalue weighted by Gasteiger charge is 2.43. The van der Waals surface area contributed by atoms with E-state index in [-0.39, 0.29) is 23.4 Å². The van der Waals surface area contributed by atoms with Crippen LogP contribution in [0.25, 0.3) is 0 Å². The molecule has 2 rings (SSSR count). The maximum Gasteiger partial charge on any atom is 0.282 e. The van der Waals surface area contributed by atoms with Gasteiger partial charge in [-0.1, -0.05) is 13.0 Å². The lowest BCUT2D eigenvalue weighted by atomic mass is 10.1. The zero-order valence-corrected chi connectivity index (χ0v) is 10.2. The van der Waals surface area contributed by atoms with E-state index >= 15 is 0 Å². The smallest absolute Gasteiger partial charge is 0.282 e. The Balaban J connectivity index is 2.56. The number of benzene rings is 1. The Kier molecular flexibility index (Phi) is 3.30. The minimum Gasteiger partial charge on any atom is -0.394 e. The van der Waals surface area contributed by atoms with Crippen LogP contribution in [0.2, 0.25) is 0 Å². The van der Waals surface area contributed by atoms with E-state index < -0.39 is 22.8 Å². The molecule has 0 aliphatic carbocycles. The van der Waals surface area contributed by atoms with Gasteiger partial charge in [0, 0.05) is 6.07 Å². The number of amides is 2. The number of nitrogens with zero attached hydrogens (tertiary/aromatic N) is 2. The predicted molar refractivity (Wildman–Crippen MR) is 64.8 cm³/mol. The van der Waals surface area contributed by atoms with Crippen molar-refractivity contribution in [1.29, 1.82) is 0 Å². The van der Waals surface area contributed by atoms with Gasteiger partial charge in [0.05, 0.1) is 23.1 Å². The Hall–Kier alpha value is -2.28. The van der Waals surface area contributed by atoms with Gasteiger partial charge in [0.25, 0.3) is 17.5 Å². The summed E-state index contributed by atoms with van der Waals surface area (Å²) in [6.07, 6.45) is 0.385. The molecule has 7 heteroatoms. The number of rotatable bonds is 4. The summed E-state index contributed by atoms with van der Waals surface area (Å²) in [5, 5.41) is 20.1. The van der Waals surface area contributed by atoms with Gasteiger partial charge in [-0.15, -0.1) is 0 Å². The summed E-state index contributed by atoms with van der Waals surface area (Å²) in [7, 11) is 0. The third-order valence-electron chi connectivity index (χ3n) is 3.17. The summed E-state index contributed by atoms with van der Waals surface area (Å²) in [5.41, 5.74) is -0.554. The van der Waals surface area contributed by atoms with Gasteiger partial charge in [0.15, 0.2) is 0 Å². The number of imide groups is 1. The molecule has 1 heterocycles. The van der Waals surface area contributed by atoms with Gasteiger partial charge >= 0.3 is 0 Å². The first-order valence-corrected chi connectivity index (χ1v) is 5.79. The first-order chi connectivity index (χ1) is 9.02. The Bertz CT molecular complexity index is 565. The van der Waals surface area contributed by atoms with Gasteiger partial charge in [0.2, 0.25) is 0 Å². The van der Waals surface area contributed by atoms with Gasteiger partial charge in [-0.25, -0.2) is 0 Å². The second kappa shape index (κ2) is 4.77. The van der Waals surface area contributed by atoms with Gasteiger partial charge in [0.1, 0.15) is 5.56 Å². The molecule has 1 aliphatic rings. The van der Waals surface area contributed by atoms with Crippen LogP contribution in [-0.2, 0) is 0 Å². The molecule has 1 aromatic rings. The summed E-state index contributed by atoms with van der Waals surface area (Å²) >= 11 is 0. The molecular weight excluding hydrogens is 252 g/mol. The molecule has 0 saturated heterocycles. The second-order valence-corrected chi connectivity index (χ2v) is 4.18. The van der Waals surface area contributed by atoms with E-state index in [0.717, 1.165) is 4.90 Å². The number of carbonyl (C=O) groups excluding carboxylic acids is 2. The van der Waals surface area contributed by atoms with Crippen LogP contribution < -0.4 is 0 Å². The Morgan fingerprint density at radius 2 is 2.05 bits per heavy atom. The van der Waals surface area contributed by atoms with E-state index in [1.54, 1.807) is 6.92 Å². The summed E-state index contributed by atoms with van der Waals surface area (Å²) in [6, 6.07) is 3.28. The molecule has 7 nitrogen and oxygen atoms in total. The van der Waals surface area contributed by atoms with E-state index in [1.165, 1.54) is 18.2 Å². The molecule has 0 unspecified atom stereocenters. The first-order valence-electron chi connectivity index (χ1n) is 5.79. The summed E-state index contributed by atoms with van der Waals surface area (Å²) in [6.45, 7) is 1.36. The fourth-order valence-electron chi connectivity index (χ4n) is 2.16. The number of aliphatic hydroxyl groups is 1. The lowest BCUT2D eigenvalue weighted by Gasteiger charge is -2.22. The van der Waals surface area contributed by atoms with Crippen molar-refractivity contribution >= 4 is 17.5 Å². The minimum atomic E-state index is -0.715. The number of carbonyl (C=O) groups is 2. The minimum absolute atomic E-state index is 0.0195. The molecule has 1 atom stereocenters. The summed E-state index contributed by atoms with van der Waals surface area (Å²) in [4.78, 5) is 35.4. The zero-order chi connectivity index (χ0) is 14.2. The Morgan fingerprint density at radius 3 is 2.58 bits per heavy atom. The van der Waals surface area contributed by atoms with Gasteiger partial charge in [-0.05, 0) is 12.5 Å². The fraction of sp³-hybridized carbons (Fsp3) is 0.333. The molecule has 2 amide bonds. The lowest BCUT2D eigenvalue weighted by molar-refractivity contribution is -0.385. The average molecular weight is 264 g/mol. The SMILES string of the molecule is CC[C@H](CO)N1C(=O)c2cccc([N+](=O)[O-])c2C1=O. The van der Waals surface area contributed by atoms with Crippen LogP contribution in [0.1, 0.15) is 34.1 Å². The highest BCUT2D eigenvalue weighted by molar-refractivity contribution is 6.23. The molecule has 19 heavy (non-hydrogen) atoms. The molecule has 100 valence electrons. The molecule has 1 N–H and O–H groups in total. The molecule has 0 fully saturated rings. The van der Waals surface area contributed by atoms with Crippen molar-refractivity contribution in [3.05, 3.63) is 39.4 Å². The maximum atomic E-state index is 12.2. The van der Waals surface area contributed by atoms with Gasteiger partial charge in [-0.3, -0.25) is 24.6 Å². The first kappa shape index (κ1) is 13.2. The Labute approximate surface area is 108 Å². The molecule has 0 bridgehead atoms. The molecule has 0 radical (unpaired) electrons. The van der Waals surface area contributed by atoms with Crippen LogP contribution in [0.5, 0.6) is 0 Å². The van der Waals surface area contributed by atoms with Crippen molar-refractivity contribution in [2.75, 3.05) is 6.61 Å². The van der Waals surface area contributed by atoms with Crippen LogP contribution in [0.4, 0.5) is 5.69 Å². The van der Waals surface area contributed by atoms with E-state index in [2.05, 4.69) is 0 Å². The van der Waals surface area contributed by atoms with Crippen LogP contribution in [0, 0.1) is 10.1 Å². The van der Waals surface area contributed by atoms with E-state index in [1.807, 2.05) is 0 Å². The monoisotopic (exact) mass is 264 g/mol. The highest BCUT2D eigenvalue weighted by Crippen LogP contribution is 2.32. The third kappa shape index (κ3) is 1.88. The number of aliphatic hydroxyl groups excluding tert-OH is 1. The quantitative estimate of drug-likeness (QED) is 0.496. The molecule has 0 saturated carbocycles. The van der Waals surface area contributed by atoms with Crippen molar-refractivity contribution in [3.63, 3.8) is 0 Å². The highest BCUT2D eigenvalue weighted by atomic mass is 16.6. The summed E-state index contributed by atoms with van der Waals surface area (Å²) in [5.74, 6) is -1.31. The number of nitro benzene ring substituents is 1. The van der Waals surface area contributed by atoms with Crippen LogP contribution in [-0.4, -0.2) is 39.4 Å². The topological polar surface area (TPSA) is 101 Å². The third-order valence-corrected chi connectivity index (χ3v) is 3.17. The van der Waals surface area contributed by atoms with Crippen LogP contribution in [0.15, 0.2) is 18.2 Å². The predicted octanol–water partition coefficient (Wildman–Crippen LogP) is 0.962. The molecule has 1 aromatic carbocycles. The second-order valence-electron chi connectivity index (χ2n) is 4.18. The zero-order valence-electron chi connectivity index (χ0n) is 10.2. The van der Waals surface area contributed by atoms with Crippen molar-refractivity contribution in [3.8, 4) is 0 Å². The molecule has 0 aromatic heterocycles. The lowest BCUT2D eigenvalue weighted by Crippen LogP contribution is -2.41. The van der Waals surface area contributed by atoms with Crippen LogP contribution >= 0.6 is 0 Å². The number of hydrogen-bond acceptors (Lipinski definition) is 5. The number of fused-ring (bicyclic) bond motifs is 1. The largest absolute Gasteiger partial charge is 0.394 e. The van der Waals surface area contributed by atoms with Crippen molar-refractivity contribution in [1.82, 2.24) is 4.90 Å². The van der Waals surface area contributed by atoms with Crippen molar-refractivity contribution in [2.24, 2.45) is 0 Å². The van der Waals surface area contributed by atoms with Gasteiger partial charge in [-0.2, -0.15) is 0 Å². The Morgan fingerprint density at radius 1 is 1.37 bits per heavy atom. The number of nitro groups is 1. The van der Waals surface area contributed by atoms with E-state index in [4.69, 9.17) is 0 Å². The number of hydrogen-bond donors (Lipinski definition) is 1. The van der Waals surface area contributed by atoms with Gasteiger partial charge < -0.3 is 5.11 Å². The van der Waals surface area contributed by atoms with Crippen LogP contribution in [0.3, 0.4) is 0 Å². The average Bonchev–Trinajstić information content (AvgIpc) is 2.65. The molecule has 0 spiro atoms.